The molecule has 4 rings (SSSR count). The van der Waals surface area contributed by atoms with E-state index in [0.29, 0.717) is 30.6 Å². The van der Waals surface area contributed by atoms with E-state index in [1.54, 1.807) is 12.1 Å². The SMILES string of the molecule is CCn1c(C(=O)N2CCCC2)nnc1N1CCC(Oc2cccc(F)c2)C1. The van der Waals surface area contributed by atoms with E-state index in [-0.39, 0.29) is 17.8 Å². The van der Waals surface area contributed by atoms with Crippen LogP contribution in [-0.2, 0) is 6.54 Å². The van der Waals surface area contributed by atoms with Gasteiger partial charge >= 0.3 is 0 Å². The minimum absolute atomic E-state index is 0.0418. The fourth-order valence-electron chi connectivity index (χ4n) is 3.78. The lowest BCUT2D eigenvalue weighted by molar-refractivity contribution is 0.0775. The number of hydrogen-bond donors (Lipinski definition) is 0. The first-order valence-corrected chi connectivity index (χ1v) is 9.55. The van der Waals surface area contributed by atoms with Crippen molar-refractivity contribution < 1.29 is 13.9 Å². The monoisotopic (exact) mass is 373 g/mol. The highest BCUT2D eigenvalue weighted by atomic mass is 19.1. The maximum atomic E-state index is 13.3. The second-order valence-electron chi connectivity index (χ2n) is 7.00. The molecule has 0 spiro atoms. The number of carbonyl (C=O) groups is 1. The van der Waals surface area contributed by atoms with Gasteiger partial charge in [0.2, 0.25) is 11.8 Å². The number of nitrogens with zero attached hydrogens (tertiary/aromatic N) is 5. The molecule has 1 aromatic heterocycles. The number of aromatic nitrogens is 3. The molecule has 27 heavy (non-hydrogen) atoms. The predicted molar refractivity (Wildman–Crippen MR) is 98.5 cm³/mol. The van der Waals surface area contributed by atoms with Crippen molar-refractivity contribution in [3.05, 3.63) is 35.9 Å². The highest BCUT2D eigenvalue weighted by Gasteiger charge is 2.31. The van der Waals surface area contributed by atoms with E-state index in [1.165, 1.54) is 12.1 Å². The lowest BCUT2D eigenvalue weighted by atomic mass is 10.3. The van der Waals surface area contributed by atoms with Crippen LogP contribution < -0.4 is 9.64 Å². The number of amides is 1. The van der Waals surface area contributed by atoms with Crippen molar-refractivity contribution >= 4 is 11.9 Å². The minimum Gasteiger partial charge on any atom is -0.488 e. The van der Waals surface area contributed by atoms with Crippen LogP contribution in [0.4, 0.5) is 10.3 Å². The van der Waals surface area contributed by atoms with Crippen LogP contribution in [0.3, 0.4) is 0 Å². The first-order valence-electron chi connectivity index (χ1n) is 9.55. The molecule has 2 aliphatic heterocycles. The number of rotatable bonds is 5. The van der Waals surface area contributed by atoms with Gasteiger partial charge in [0, 0.05) is 38.7 Å². The first kappa shape index (κ1) is 17.8. The summed E-state index contributed by atoms with van der Waals surface area (Å²) in [5.41, 5.74) is 0. The van der Waals surface area contributed by atoms with Crippen LogP contribution in [0.5, 0.6) is 5.75 Å². The smallest absolute Gasteiger partial charge is 0.291 e. The topological polar surface area (TPSA) is 63.5 Å². The zero-order chi connectivity index (χ0) is 18.8. The Balaban J connectivity index is 1.46. The Morgan fingerprint density at radius 2 is 2.07 bits per heavy atom. The van der Waals surface area contributed by atoms with Gasteiger partial charge in [-0.05, 0) is 31.9 Å². The van der Waals surface area contributed by atoms with Gasteiger partial charge in [-0.25, -0.2) is 4.39 Å². The molecular formula is C19H24FN5O2. The van der Waals surface area contributed by atoms with Crippen molar-refractivity contribution in [2.75, 3.05) is 31.1 Å². The molecule has 1 amide bonds. The van der Waals surface area contributed by atoms with Crippen molar-refractivity contribution in [2.45, 2.75) is 38.8 Å². The molecule has 2 aromatic rings. The molecule has 2 aliphatic rings. The zero-order valence-electron chi connectivity index (χ0n) is 15.5. The molecular weight excluding hydrogens is 349 g/mol. The molecule has 1 unspecified atom stereocenters. The van der Waals surface area contributed by atoms with Gasteiger partial charge in [-0.3, -0.25) is 9.36 Å². The maximum Gasteiger partial charge on any atom is 0.291 e. The van der Waals surface area contributed by atoms with Gasteiger partial charge in [-0.2, -0.15) is 0 Å². The minimum atomic E-state index is -0.307. The number of anilines is 1. The second-order valence-corrected chi connectivity index (χ2v) is 7.00. The highest BCUT2D eigenvalue weighted by Crippen LogP contribution is 2.24. The van der Waals surface area contributed by atoms with E-state index in [0.717, 1.165) is 38.9 Å². The number of likely N-dealkylation sites (tertiary alicyclic amines) is 1. The molecule has 0 bridgehead atoms. The van der Waals surface area contributed by atoms with Gasteiger partial charge in [0.15, 0.2) is 0 Å². The number of halogens is 1. The van der Waals surface area contributed by atoms with Crippen LogP contribution in [0.1, 0.15) is 36.8 Å². The van der Waals surface area contributed by atoms with Crippen LogP contribution in [0.25, 0.3) is 0 Å². The van der Waals surface area contributed by atoms with Gasteiger partial charge in [0.25, 0.3) is 5.91 Å². The van der Waals surface area contributed by atoms with Crippen molar-refractivity contribution in [1.29, 1.82) is 0 Å². The molecule has 7 nitrogen and oxygen atoms in total. The molecule has 0 radical (unpaired) electrons. The summed E-state index contributed by atoms with van der Waals surface area (Å²) in [6.45, 7) is 5.59. The molecule has 1 atom stereocenters. The van der Waals surface area contributed by atoms with Crippen LogP contribution in [0.2, 0.25) is 0 Å². The number of benzene rings is 1. The van der Waals surface area contributed by atoms with E-state index in [2.05, 4.69) is 15.1 Å². The quantitative estimate of drug-likeness (QED) is 0.805. The fraction of sp³-hybridized carbons (Fsp3) is 0.526. The van der Waals surface area contributed by atoms with Gasteiger partial charge in [-0.15, -0.1) is 10.2 Å². The summed E-state index contributed by atoms with van der Waals surface area (Å²) >= 11 is 0. The molecule has 0 N–H and O–H groups in total. The molecule has 0 saturated carbocycles. The lowest BCUT2D eigenvalue weighted by Gasteiger charge is -2.20. The van der Waals surface area contributed by atoms with E-state index in [9.17, 15) is 9.18 Å². The average molecular weight is 373 g/mol. The number of hydrogen-bond acceptors (Lipinski definition) is 5. The summed E-state index contributed by atoms with van der Waals surface area (Å²) in [6.07, 6.45) is 2.85. The molecule has 2 fully saturated rings. The van der Waals surface area contributed by atoms with Gasteiger partial charge in [-0.1, -0.05) is 6.07 Å². The van der Waals surface area contributed by atoms with E-state index < -0.39 is 0 Å². The molecule has 8 heteroatoms. The van der Waals surface area contributed by atoms with E-state index in [1.807, 2.05) is 16.4 Å². The third-order valence-corrected chi connectivity index (χ3v) is 5.16. The summed E-state index contributed by atoms with van der Waals surface area (Å²) in [5.74, 6) is 1.29. The third kappa shape index (κ3) is 3.61. The Morgan fingerprint density at radius 1 is 1.26 bits per heavy atom. The maximum absolute atomic E-state index is 13.3. The van der Waals surface area contributed by atoms with Gasteiger partial charge < -0.3 is 14.5 Å². The number of carbonyl (C=O) groups excluding carboxylic acids is 1. The molecule has 1 aromatic carbocycles. The zero-order valence-corrected chi connectivity index (χ0v) is 15.5. The van der Waals surface area contributed by atoms with Gasteiger partial charge in [0.1, 0.15) is 17.7 Å². The highest BCUT2D eigenvalue weighted by molar-refractivity contribution is 5.91. The molecule has 3 heterocycles. The summed E-state index contributed by atoms with van der Waals surface area (Å²) in [6, 6.07) is 6.19. The molecule has 0 aliphatic carbocycles. The Hall–Kier alpha value is -2.64. The summed E-state index contributed by atoms with van der Waals surface area (Å²) in [4.78, 5) is 16.6. The Labute approximate surface area is 157 Å². The van der Waals surface area contributed by atoms with Crippen molar-refractivity contribution in [3.8, 4) is 5.75 Å². The van der Waals surface area contributed by atoms with Crippen LogP contribution >= 0.6 is 0 Å². The third-order valence-electron chi connectivity index (χ3n) is 5.16. The van der Waals surface area contributed by atoms with Crippen molar-refractivity contribution in [2.24, 2.45) is 0 Å². The fourth-order valence-corrected chi connectivity index (χ4v) is 3.78. The van der Waals surface area contributed by atoms with Gasteiger partial charge in [0.05, 0.1) is 6.54 Å². The lowest BCUT2D eigenvalue weighted by Crippen LogP contribution is -2.31. The molecule has 144 valence electrons. The largest absolute Gasteiger partial charge is 0.488 e. The van der Waals surface area contributed by atoms with Crippen LogP contribution in [0.15, 0.2) is 24.3 Å². The second kappa shape index (κ2) is 7.54. The summed E-state index contributed by atoms with van der Waals surface area (Å²) in [5, 5.41) is 8.48. The average Bonchev–Trinajstić information content (AvgIpc) is 3.41. The Kier molecular flexibility index (Phi) is 4.96. The van der Waals surface area contributed by atoms with Crippen LogP contribution in [-0.4, -0.2) is 57.9 Å². The summed E-state index contributed by atoms with van der Waals surface area (Å²) in [7, 11) is 0. The first-order chi connectivity index (χ1) is 13.2. The summed E-state index contributed by atoms with van der Waals surface area (Å²) < 4.78 is 21.1. The predicted octanol–water partition coefficient (Wildman–Crippen LogP) is 2.33. The Bertz CT molecular complexity index is 818. The van der Waals surface area contributed by atoms with E-state index >= 15 is 0 Å². The van der Waals surface area contributed by atoms with Crippen LogP contribution in [0, 0.1) is 5.82 Å². The molecule has 2 saturated heterocycles. The van der Waals surface area contributed by atoms with Crippen molar-refractivity contribution in [3.63, 3.8) is 0 Å². The standard InChI is InChI=1S/C19H24FN5O2/c1-2-25-17(18(26)23-9-3-4-10-23)21-22-19(25)24-11-8-16(13-24)27-15-7-5-6-14(20)12-15/h5-7,12,16H,2-4,8-11,13H2,1H3. The van der Waals surface area contributed by atoms with Crippen molar-refractivity contribution in [1.82, 2.24) is 19.7 Å². The Morgan fingerprint density at radius 3 is 2.81 bits per heavy atom. The normalized spacial score (nSPS) is 19.7. The number of ether oxygens (including phenoxy) is 1. The van der Waals surface area contributed by atoms with E-state index in [4.69, 9.17) is 4.74 Å².